The summed E-state index contributed by atoms with van der Waals surface area (Å²) >= 11 is 7.59. The van der Waals surface area contributed by atoms with E-state index in [2.05, 4.69) is 6.92 Å². The number of halogens is 1. The average Bonchev–Trinajstić information content (AvgIpc) is 2.61. The summed E-state index contributed by atoms with van der Waals surface area (Å²) in [7, 11) is 0. The molecule has 0 aliphatic carbocycles. The van der Waals surface area contributed by atoms with Gasteiger partial charge in [-0.2, -0.15) is 0 Å². The van der Waals surface area contributed by atoms with E-state index in [9.17, 15) is 0 Å². The van der Waals surface area contributed by atoms with E-state index in [-0.39, 0.29) is 0 Å². The first kappa shape index (κ1) is 10.5. The molecule has 3 heteroatoms. The molecule has 1 heterocycles. The fourth-order valence-electron chi connectivity index (χ4n) is 1.48. The lowest BCUT2D eigenvalue weighted by molar-refractivity contribution is 1.19. The SMILES string of the molecule is CCc1sc(-c2ccc(Cl)cc2)cc1N. The molecule has 0 unspecified atom stereocenters. The zero-order valence-corrected chi connectivity index (χ0v) is 10.0. The van der Waals surface area contributed by atoms with Gasteiger partial charge in [-0.15, -0.1) is 11.3 Å². The summed E-state index contributed by atoms with van der Waals surface area (Å²) in [6.45, 7) is 2.12. The number of rotatable bonds is 2. The highest BCUT2D eigenvalue weighted by Crippen LogP contribution is 2.33. The van der Waals surface area contributed by atoms with Crippen LogP contribution >= 0.6 is 22.9 Å². The third kappa shape index (κ3) is 2.16. The summed E-state index contributed by atoms with van der Waals surface area (Å²) in [6.07, 6.45) is 0.990. The van der Waals surface area contributed by atoms with E-state index in [4.69, 9.17) is 17.3 Å². The predicted molar refractivity (Wildman–Crippen MR) is 68.6 cm³/mol. The zero-order valence-electron chi connectivity index (χ0n) is 8.46. The third-order valence-corrected chi connectivity index (χ3v) is 3.89. The highest BCUT2D eigenvalue weighted by Gasteiger charge is 2.06. The smallest absolute Gasteiger partial charge is 0.0461 e. The molecule has 0 spiro atoms. The van der Waals surface area contributed by atoms with E-state index >= 15 is 0 Å². The second-order valence-electron chi connectivity index (χ2n) is 3.35. The van der Waals surface area contributed by atoms with Gasteiger partial charge in [-0.3, -0.25) is 0 Å². The van der Waals surface area contributed by atoms with Crippen LogP contribution in [0.1, 0.15) is 11.8 Å². The number of nitrogen functional groups attached to an aromatic ring is 1. The van der Waals surface area contributed by atoms with Crippen LogP contribution in [0.5, 0.6) is 0 Å². The highest BCUT2D eigenvalue weighted by molar-refractivity contribution is 7.16. The van der Waals surface area contributed by atoms with Crippen LogP contribution in [0.2, 0.25) is 5.02 Å². The predicted octanol–water partition coefficient (Wildman–Crippen LogP) is 4.21. The molecule has 2 N–H and O–H groups in total. The Hall–Kier alpha value is -0.990. The van der Waals surface area contributed by atoms with Crippen molar-refractivity contribution in [3.63, 3.8) is 0 Å². The number of hydrogen-bond donors (Lipinski definition) is 1. The molecule has 0 saturated heterocycles. The molecule has 2 rings (SSSR count). The van der Waals surface area contributed by atoms with Gasteiger partial charge in [0, 0.05) is 20.5 Å². The van der Waals surface area contributed by atoms with E-state index in [1.165, 1.54) is 15.3 Å². The number of benzene rings is 1. The van der Waals surface area contributed by atoms with Crippen molar-refractivity contribution in [2.75, 3.05) is 5.73 Å². The molecular formula is C12H12ClNS. The van der Waals surface area contributed by atoms with Crippen molar-refractivity contribution in [1.82, 2.24) is 0 Å². The molecule has 0 fully saturated rings. The lowest BCUT2D eigenvalue weighted by Gasteiger charge is -1.96. The second kappa shape index (κ2) is 4.25. The van der Waals surface area contributed by atoms with Crippen LogP contribution < -0.4 is 5.73 Å². The lowest BCUT2D eigenvalue weighted by Crippen LogP contribution is -1.84. The Kier molecular flexibility index (Phi) is 2.98. The standard InChI is InChI=1S/C12H12ClNS/c1-2-11-10(14)7-12(15-11)8-3-5-9(13)6-4-8/h3-7H,2,14H2,1H3. The Morgan fingerprint density at radius 2 is 1.93 bits per heavy atom. The maximum absolute atomic E-state index is 5.90. The van der Waals surface area contributed by atoms with Crippen LogP contribution in [0.15, 0.2) is 30.3 Å². The molecule has 0 atom stereocenters. The van der Waals surface area contributed by atoms with Crippen molar-refractivity contribution < 1.29 is 0 Å². The van der Waals surface area contributed by atoms with Gasteiger partial charge in [-0.05, 0) is 30.2 Å². The quantitative estimate of drug-likeness (QED) is 0.832. The molecule has 2 aromatic rings. The third-order valence-electron chi connectivity index (χ3n) is 2.29. The molecule has 0 amide bonds. The van der Waals surface area contributed by atoms with Gasteiger partial charge in [0.15, 0.2) is 0 Å². The van der Waals surface area contributed by atoms with Crippen molar-refractivity contribution in [2.45, 2.75) is 13.3 Å². The summed E-state index contributed by atoms with van der Waals surface area (Å²) in [6, 6.07) is 9.88. The fraction of sp³-hybridized carbons (Fsp3) is 0.167. The van der Waals surface area contributed by atoms with Gasteiger partial charge >= 0.3 is 0 Å². The fourth-order valence-corrected chi connectivity index (χ4v) is 2.63. The molecule has 0 saturated carbocycles. The van der Waals surface area contributed by atoms with Gasteiger partial charge in [0.1, 0.15) is 0 Å². The van der Waals surface area contributed by atoms with E-state index in [0.29, 0.717) is 0 Å². The van der Waals surface area contributed by atoms with Crippen molar-refractivity contribution in [2.24, 2.45) is 0 Å². The Labute approximate surface area is 98.5 Å². The Morgan fingerprint density at radius 3 is 2.47 bits per heavy atom. The number of anilines is 1. The second-order valence-corrected chi connectivity index (χ2v) is 4.92. The first-order chi connectivity index (χ1) is 7.20. The van der Waals surface area contributed by atoms with Gasteiger partial charge in [0.2, 0.25) is 0 Å². The maximum Gasteiger partial charge on any atom is 0.0461 e. The van der Waals surface area contributed by atoms with Crippen molar-refractivity contribution in [1.29, 1.82) is 0 Å². The van der Waals surface area contributed by atoms with Crippen molar-refractivity contribution in [3.05, 3.63) is 40.2 Å². The first-order valence-electron chi connectivity index (χ1n) is 4.85. The molecule has 15 heavy (non-hydrogen) atoms. The summed E-state index contributed by atoms with van der Waals surface area (Å²) in [5.41, 5.74) is 7.98. The van der Waals surface area contributed by atoms with Gasteiger partial charge < -0.3 is 5.73 Å². The van der Waals surface area contributed by atoms with Crippen LogP contribution in [0.25, 0.3) is 10.4 Å². The molecule has 0 aliphatic rings. The van der Waals surface area contributed by atoms with Gasteiger partial charge in [0.05, 0.1) is 0 Å². The lowest BCUT2D eigenvalue weighted by atomic mass is 10.2. The van der Waals surface area contributed by atoms with Crippen molar-refractivity contribution >= 4 is 28.6 Å². The van der Waals surface area contributed by atoms with Crippen molar-refractivity contribution in [3.8, 4) is 10.4 Å². The van der Waals surface area contributed by atoms with Gasteiger partial charge in [0.25, 0.3) is 0 Å². The number of thiophene rings is 1. The van der Waals surface area contributed by atoms with Crippen LogP contribution in [-0.2, 0) is 6.42 Å². The molecule has 0 bridgehead atoms. The largest absolute Gasteiger partial charge is 0.398 e. The molecule has 1 nitrogen and oxygen atoms in total. The van der Waals surface area contributed by atoms with Crippen LogP contribution in [0.3, 0.4) is 0 Å². The molecule has 0 radical (unpaired) electrons. The summed E-state index contributed by atoms with van der Waals surface area (Å²) in [5, 5.41) is 0.763. The minimum atomic E-state index is 0.763. The Bertz CT molecular complexity index is 459. The first-order valence-corrected chi connectivity index (χ1v) is 6.04. The number of hydrogen-bond acceptors (Lipinski definition) is 2. The van der Waals surface area contributed by atoms with Crippen LogP contribution in [0.4, 0.5) is 5.69 Å². The minimum absolute atomic E-state index is 0.763. The monoisotopic (exact) mass is 237 g/mol. The topological polar surface area (TPSA) is 26.0 Å². The highest BCUT2D eigenvalue weighted by atomic mass is 35.5. The van der Waals surface area contributed by atoms with Crippen LogP contribution in [0, 0.1) is 0 Å². The van der Waals surface area contributed by atoms with Crippen LogP contribution in [-0.4, -0.2) is 0 Å². The minimum Gasteiger partial charge on any atom is -0.398 e. The van der Waals surface area contributed by atoms with E-state index in [0.717, 1.165) is 17.1 Å². The van der Waals surface area contributed by atoms with E-state index in [1.807, 2.05) is 30.3 Å². The normalized spacial score (nSPS) is 10.5. The molecule has 0 aliphatic heterocycles. The Balaban J connectivity index is 2.41. The summed E-state index contributed by atoms with van der Waals surface area (Å²) in [4.78, 5) is 2.46. The average molecular weight is 238 g/mol. The van der Waals surface area contributed by atoms with Gasteiger partial charge in [-0.1, -0.05) is 30.7 Å². The molecule has 78 valence electrons. The number of aryl methyl sites for hydroxylation is 1. The Morgan fingerprint density at radius 1 is 1.27 bits per heavy atom. The number of nitrogens with two attached hydrogens (primary N) is 1. The summed E-state index contributed by atoms with van der Waals surface area (Å²) in [5.74, 6) is 0. The zero-order chi connectivity index (χ0) is 10.8. The molecular weight excluding hydrogens is 226 g/mol. The molecule has 1 aromatic heterocycles. The maximum atomic E-state index is 5.90. The van der Waals surface area contributed by atoms with E-state index in [1.54, 1.807) is 11.3 Å². The molecule has 1 aromatic carbocycles. The van der Waals surface area contributed by atoms with E-state index < -0.39 is 0 Å². The van der Waals surface area contributed by atoms with Gasteiger partial charge in [-0.25, -0.2) is 0 Å². The summed E-state index contributed by atoms with van der Waals surface area (Å²) < 4.78 is 0.